The van der Waals surface area contributed by atoms with Gasteiger partial charge in [0.2, 0.25) is 0 Å². The highest BCUT2D eigenvalue weighted by Gasteiger charge is 2.25. The molecule has 1 unspecified atom stereocenters. The van der Waals surface area contributed by atoms with Gasteiger partial charge < -0.3 is 15.0 Å². The van der Waals surface area contributed by atoms with Gasteiger partial charge in [0.1, 0.15) is 5.60 Å². The van der Waals surface area contributed by atoms with E-state index in [0.717, 1.165) is 6.42 Å². The quantitative estimate of drug-likeness (QED) is 0.771. The van der Waals surface area contributed by atoms with Gasteiger partial charge in [0.25, 0.3) is 0 Å². The van der Waals surface area contributed by atoms with E-state index in [4.69, 9.17) is 4.74 Å². The summed E-state index contributed by atoms with van der Waals surface area (Å²) in [4.78, 5) is 14.1. The van der Waals surface area contributed by atoms with Crippen LogP contribution >= 0.6 is 0 Å². The van der Waals surface area contributed by atoms with Crippen LogP contribution in [0.1, 0.15) is 76.3 Å². The highest BCUT2D eigenvalue weighted by atomic mass is 16.6. The molecule has 1 aromatic rings. The second kappa shape index (κ2) is 8.47. The molecule has 0 aromatic heterocycles. The van der Waals surface area contributed by atoms with Crippen LogP contribution in [0.15, 0.2) is 18.2 Å². The smallest absolute Gasteiger partial charge is 0.410 e. The third-order valence-electron chi connectivity index (χ3n) is 4.92. The largest absolute Gasteiger partial charge is 0.444 e. The molecule has 0 fully saturated rings. The van der Waals surface area contributed by atoms with Gasteiger partial charge in [0, 0.05) is 25.2 Å². The van der Waals surface area contributed by atoms with E-state index in [1.165, 1.54) is 27.8 Å². The maximum atomic E-state index is 12.3. The van der Waals surface area contributed by atoms with Crippen LogP contribution in [0.25, 0.3) is 5.57 Å². The zero-order valence-electron chi connectivity index (χ0n) is 18.3. The zero-order valence-corrected chi connectivity index (χ0v) is 18.3. The van der Waals surface area contributed by atoms with Crippen LogP contribution in [0.4, 0.5) is 4.79 Å². The molecule has 4 nitrogen and oxygen atoms in total. The number of hydrogen-bond acceptors (Lipinski definition) is 3. The van der Waals surface area contributed by atoms with Crippen molar-refractivity contribution in [3.63, 3.8) is 0 Å². The second-order valence-corrected chi connectivity index (χ2v) is 8.97. The Kier molecular flexibility index (Phi) is 6.74. The number of nitrogens with zero attached hydrogens (tertiary/aromatic N) is 1. The predicted molar refractivity (Wildman–Crippen MR) is 113 cm³/mol. The summed E-state index contributed by atoms with van der Waals surface area (Å²) >= 11 is 0. The fourth-order valence-electron chi connectivity index (χ4n) is 3.47. The van der Waals surface area contributed by atoms with E-state index < -0.39 is 5.60 Å². The van der Waals surface area contributed by atoms with E-state index in [1.807, 2.05) is 20.8 Å². The average Bonchev–Trinajstić information content (AvgIpc) is 2.55. The van der Waals surface area contributed by atoms with E-state index in [9.17, 15) is 4.79 Å². The third-order valence-corrected chi connectivity index (χ3v) is 4.92. The summed E-state index contributed by atoms with van der Waals surface area (Å²) in [7, 11) is 0. The van der Waals surface area contributed by atoms with Crippen LogP contribution in [0.3, 0.4) is 0 Å². The minimum Gasteiger partial charge on any atom is -0.444 e. The lowest BCUT2D eigenvalue weighted by molar-refractivity contribution is 0.0270. The molecule has 2 rings (SSSR count). The molecule has 0 saturated carbocycles. The Labute approximate surface area is 165 Å². The summed E-state index contributed by atoms with van der Waals surface area (Å²) < 4.78 is 5.51. The first-order valence-corrected chi connectivity index (χ1v) is 10.0. The molecule has 0 saturated heterocycles. The number of nitrogens with one attached hydrogen (secondary N) is 1. The van der Waals surface area contributed by atoms with Crippen LogP contribution in [0.2, 0.25) is 0 Å². The van der Waals surface area contributed by atoms with Gasteiger partial charge in [0.15, 0.2) is 0 Å². The van der Waals surface area contributed by atoms with Crippen molar-refractivity contribution in [1.82, 2.24) is 10.2 Å². The Morgan fingerprint density at radius 2 is 1.78 bits per heavy atom. The maximum absolute atomic E-state index is 12.3. The molecule has 4 heteroatoms. The summed E-state index contributed by atoms with van der Waals surface area (Å²) in [5, 5.41) is 3.63. The number of ether oxygens (including phenoxy) is 1. The van der Waals surface area contributed by atoms with Gasteiger partial charge in [-0.1, -0.05) is 32.1 Å². The summed E-state index contributed by atoms with van der Waals surface area (Å²) in [5.41, 5.74) is 6.14. The normalized spacial score (nSPS) is 16.3. The highest BCUT2D eigenvalue weighted by molar-refractivity contribution is 5.74. The van der Waals surface area contributed by atoms with Crippen LogP contribution in [0, 0.1) is 13.8 Å². The molecule has 1 aliphatic rings. The molecule has 1 N–H and O–H groups in total. The number of aryl methyl sites for hydroxylation is 2. The van der Waals surface area contributed by atoms with Crippen molar-refractivity contribution in [2.24, 2.45) is 0 Å². The van der Waals surface area contributed by atoms with E-state index in [2.05, 4.69) is 58.1 Å². The van der Waals surface area contributed by atoms with Crippen molar-refractivity contribution < 1.29 is 9.53 Å². The Morgan fingerprint density at radius 3 is 2.30 bits per heavy atom. The molecule has 1 aliphatic heterocycles. The van der Waals surface area contributed by atoms with E-state index in [0.29, 0.717) is 19.1 Å². The van der Waals surface area contributed by atoms with Gasteiger partial charge in [-0.3, -0.25) is 0 Å². The zero-order chi connectivity index (χ0) is 20.4. The number of carbonyl (C=O) groups is 1. The molecule has 150 valence electrons. The van der Waals surface area contributed by atoms with Gasteiger partial charge in [-0.25, -0.2) is 4.79 Å². The fourth-order valence-corrected chi connectivity index (χ4v) is 3.47. The van der Waals surface area contributed by atoms with Crippen molar-refractivity contribution in [1.29, 1.82) is 0 Å². The van der Waals surface area contributed by atoms with Gasteiger partial charge in [-0.15, -0.1) is 0 Å². The van der Waals surface area contributed by atoms with Crippen molar-refractivity contribution in [2.45, 2.75) is 79.5 Å². The molecule has 1 aromatic carbocycles. The lowest BCUT2D eigenvalue weighted by Gasteiger charge is -2.31. The van der Waals surface area contributed by atoms with E-state index in [1.54, 1.807) is 4.90 Å². The Bertz CT molecular complexity index is 714. The van der Waals surface area contributed by atoms with Crippen LogP contribution in [-0.4, -0.2) is 35.7 Å². The monoisotopic (exact) mass is 372 g/mol. The summed E-state index contributed by atoms with van der Waals surface area (Å²) in [5.74, 6) is 0. The average molecular weight is 373 g/mol. The summed E-state index contributed by atoms with van der Waals surface area (Å²) in [6.45, 7) is 17.9. The van der Waals surface area contributed by atoms with Crippen molar-refractivity contribution >= 4 is 11.7 Å². The molecule has 1 heterocycles. The summed E-state index contributed by atoms with van der Waals surface area (Å²) in [6.07, 6.45) is 2.81. The highest BCUT2D eigenvalue weighted by Crippen LogP contribution is 2.32. The first-order valence-electron chi connectivity index (χ1n) is 10.0. The molecule has 0 spiro atoms. The van der Waals surface area contributed by atoms with Gasteiger partial charge >= 0.3 is 6.09 Å². The first kappa shape index (κ1) is 21.5. The lowest BCUT2D eigenvalue weighted by Crippen LogP contribution is -2.39. The minimum absolute atomic E-state index is 0.229. The fraction of sp³-hybridized carbons (Fsp3) is 0.609. The van der Waals surface area contributed by atoms with Gasteiger partial charge in [-0.2, -0.15) is 0 Å². The number of amides is 1. The number of carbonyl (C=O) groups excluding carboxylic acids is 1. The molecule has 0 radical (unpaired) electrons. The molecular formula is C23H36N2O2. The van der Waals surface area contributed by atoms with E-state index in [-0.39, 0.29) is 12.1 Å². The predicted octanol–water partition coefficient (Wildman–Crippen LogP) is 5.39. The lowest BCUT2D eigenvalue weighted by atomic mass is 9.88. The van der Waals surface area contributed by atoms with Crippen LogP contribution < -0.4 is 5.32 Å². The van der Waals surface area contributed by atoms with E-state index >= 15 is 0 Å². The molecule has 27 heavy (non-hydrogen) atoms. The van der Waals surface area contributed by atoms with Crippen molar-refractivity contribution in [3.05, 3.63) is 40.5 Å². The van der Waals surface area contributed by atoms with Gasteiger partial charge in [-0.05, 0) is 75.8 Å². The molecule has 0 aliphatic carbocycles. The first-order chi connectivity index (χ1) is 12.5. The van der Waals surface area contributed by atoms with Crippen LogP contribution in [0.5, 0.6) is 0 Å². The van der Waals surface area contributed by atoms with Crippen LogP contribution in [-0.2, 0) is 4.74 Å². The Hall–Kier alpha value is -1.81. The minimum atomic E-state index is -0.458. The number of benzene rings is 1. The van der Waals surface area contributed by atoms with Crippen molar-refractivity contribution in [3.8, 4) is 0 Å². The molecule has 0 bridgehead atoms. The topological polar surface area (TPSA) is 41.6 Å². The van der Waals surface area contributed by atoms with Gasteiger partial charge in [0.05, 0.1) is 0 Å². The van der Waals surface area contributed by atoms with Crippen molar-refractivity contribution in [2.75, 3.05) is 13.1 Å². The molecule has 1 atom stereocenters. The maximum Gasteiger partial charge on any atom is 0.410 e. The summed E-state index contributed by atoms with van der Waals surface area (Å²) in [6, 6.07) is 5.32. The standard InChI is InChI=1S/C23H36N2O2/c1-15(2)24-18(5)20-13-16(3)17(4)14-21(20)19-9-11-25(12-10-19)22(26)27-23(6,7)8/h9,13-15,18,24H,10-12H2,1-8H3. The number of rotatable bonds is 4. The molecule has 1 amide bonds. The molecular weight excluding hydrogens is 336 g/mol. The third kappa shape index (κ3) is 5.83. The Morgan fingerprint density at radius 1 is 1.15 bits per heavy atom. The second-order valence-electron chi connectivity index (χ2n) is 8.97. The Balaban J connectivity index is 2.25. The SMILES string of the molecule is Cc1cc(C2=CCN(C(=O)OC(C)(C)C)CC2)c(C(C)NC(C)C)cc1C. The number of hydrogen-bond donors (Lipinski definition) is 1.